The maximum absolute atomic E-state index is 14.0. The van der Waals surface area contributed by atoms with E-state index in [2.05, 4.69) is 15.2 Å². The topological polar surface area (TPSA) is 87.2 Å². The number of fused-ring (bicyclic) bond motifs is 1. The molecule has 200 valence electrons. The summed E-state index contributed by atoms with van der Waals surface area (Å²) in [6, 6.07) is 18.8. The average Bonchev–Trinajstić information content (AvgIpc) is 2.96. The number of amides is 2. The highest BCUT2D eigenvalue weighted by atomic mass is 16.5. The van der Waals surface area contributed by atoms with Gasteiger partial charge in [0.05, 0.1) is 12.7 Å². The van der Waals surface area contributed by atoms with Crippen molar-refractivity contribution in [2.75, 3.05) is 64.3 Å². The van der Waals surface area contributed by atoms with Crippen LogP contribution < -0.4 is 15.0 Å². The number of para-hydroxylation sites is 1. The molecule has 0 saturated carbocycles. The van der Waals surface area contributed by atoms with Crippen molar-refractivity contribution in [3.05, 3.63) is 78.0 Å². The summed E-state index contributed by atoms with van der Waals surface area (Å²) in [6.07, 6.45) is 2.47. The Hall–Kier alpha value is -3.95. The predicted molar refractivity (Wildman–Crippen MR) is 148 cm³/mol. The molecular formula is C29H35N5O4. The lowest BCUT2D eigenvalue weighted by Crippen LogP contribution is -2.37. The van der Waals surface area contributed by atoms with E-state index in [4.69, 9.17) is 9.47 Å². The molecule has 1 N–H and O–H groups in total. The van der Waals surface area contributed by atoms with Crippen LogP contribution in [0.2, 0.25) is 0 Å². The first kappa shape index (κ1) is 27.1. The first-order valence-corrected chi connectivity index (χ1v) is 12.7. The highest BCUT2D eigenvalue weighted by Gasteiger charge is 2.25. The largest absolute Gasteiger partial charge is 0.497 e. The molecule has 0 unspecified atom stereocenters. The van der Waals surface area contributed by atoms with Gasteiger partial charge in [-0.1, -0.05) is 24.3 Å². The molecule has 0 fully saturated rings. The number of benzene rings is 2. The predicted octanol–water partition coefficient (Wildman–Crippen LogP) is 3.79. The number of nitrogens with one attached hydrogen (secondary N) is 1. The minimum absolute atomic E-state index is 0.00179. The van der Waals surface area contributed by atoms with E-state index >= 15 is 0 Å². The Morgan fingerprint density at radius 1 is 0.974 bits per heavy atom. The second kappa shape index (κ2) is 13.0. The molecule has 0 saturated heterocycles. The number of ether oxygens (including phenoxy) is 2. The van der Waals surface area contributed by atoms with E-state index in [1.54, 1.807) is 30.3 Å². The summed E-state index contributed by atoms with van der Waals surface area (Å²) in [4.78, 5) is 37.3. The van der Waals surface area contributed by atoms with Crippen LogP contribution in [0.5, 0.6) is 5.75 Å². The molecule has 0 radical (unpaired) electrons. The average molecular weight is 518 g/mol. The van der Waals surface area contributed by atoms with Crippen LogP contribution in [0.15, 0.2) is 66.9 Å². The van der Waals surface area contributed by atoms with E-state index in [0.29, 0.717) is 43.3 Å². The molecule has 2 amide bonds. The van der Waals surface area contributed by atoms with E-state index in [1.165, 1.54) is 7.11 Å². The van der Waals surface area contributed by atoms with E-state index in [1.807, 2.05) is 60.5 Å². The van der Waals surface area contributed by atoms with Gasteiger partial charge in [-0.15, -0.1) is 0 Å². The number of carbonyl (C=O) groups is 2. The summed E-state index contributed by atoms with van der Waals surface area (Å²) >= 11 is 0. The fourth-order valence-electron chi connectivity index (χ4n) is 4.53. The van der Waals surface area contributed by atoms with Gasteiger partial charge in [-0.2, -0.15) is 0 Å². The minimum atomic E-state index is -0.138. The van der Waals surface area contributed by atoms with Crippen LogP contribution in [0, 0.1) is 0 Å². The molecule has 38 heavy (non-hydrogen) atoms. The number of pyridine rings is 1. The zero-order valence-corrected chi connectivity index (χ0v) is 22.2. The van der Waals surface area contributed by atoms with Crippen LogP contribution in [-0.4, -0.2) is 80.7 Å². The Bertz CT molecular complexity index is 1250. The normalized spacial score (nSPS) is 14.8. The van der Waals surface area contributed by atoms with Crippen molar-refractivity contribution in [1.82, 2.24) is 14.8 Å². The molecule has 4 rings (SSSR count). The molecule has 0 aliphatic carbocycles. The lowest BCUT2D eigenvalue weighted by atomic mass is 10.1. The van der Waals surface area contributed by atoms with Crippen LogP contribution in [0.1, 0.15) is 22.3 Å². The fraction of sp³-hybridized carbons (Fsp3) is 0.345. The van der Waals surface area contributed by atoms with Gasteiger partial charge in [0.25, 0.3) is 11.8 Å². The number of nitrogens with zero attached hydrogens (tertiary/aromatic N) is 4. The maximum Gasteiger partial charge on any atom is 0.257 e. The third kappa shape index (κ3) is 6.67. The van der Waals surface area contributed by atoms with E-state index in [-0.39, 0.29) is 18.4 Å². The molecule has 1 aliphatic rings. The van der Waals surface area contributed by atoms with Gasteiger partial charge in [0.1, 0.15) is 18.2 Å². The first-order valence-electron chi connectivity index (χ1n) is 12.7. The number of carbonyl (C=O) groups excluding carboxylic acids is 2. The lowest BCUT2D eigenvalue weighted by molar-refractivity contribution is -0.122. The Labute approximate surface area is 224 Å². The third-order valence-electron chi connectivity index (χ3n) is 6.54. The minimum Gasteiger partial charge on any atom is -0.497 e. The SMILES string of the molecule is COCC(=O)N1CCCN(C)CCN(C(=O)c2cccnc2Nc2cccc(OC)c2)Cc2ccccc21. The molecule has 2 aromatic carbocycles. The molecule has 3 aromatic rings. The van der Waals surface area contributed by atoms with E-state index in [0.717, 1.165) is 29.9 Å². The van der Waals surface area contributed by atoms with Crippen LogP contribution in [0.25, 0.3) is 0 Å². The fourth-order valence-corrected chi connectivity index (χ4v) is 4.53. The summed E-state index contributed by atoms with van der Waals surface area (Å²) in [6.45, 7) is 2.97. The van der Waals surface area contributed by atoms with Crippen molar-refractivity contribution in [3.63, 3.8) is 0 Å². The Kier molecular flexibility index (Phi) is 9.29. The molecule has 0 atom stereocenters. The molecule has 1 aliphatic heterocycles. The number of hydrogen-bond donors (Lipinski definition) is 1. The Balaban J connectivity index is 1.67. The number of aromatic nitrogens is 1. The van der Waals surface area contributed by atoms with E-state index < -0.39 is 0 Å². The molecule has 1 aromatic heterocycles. The Morgan fingerprint density at radius 3 is 2.63 bits per heavy atom. The summed E-state index contributed by atoms with van der Waals surface area (Å²) in [7, 11) is 5.17. The molecule has 0 spiro atoms. The smallest absolute Gasteiger partial charge is 0.257 e. The van der Waals surface area contributed by atoms with Crippen molar-refractivity contribution >= 4 is 29.0 Å². The van der Waals surface area contributed by atoms with Crippen molar-refractivity contribution in [2.24, 2.45) is 0 Å². The van der Waals surface area contributed by atoms with Gasteiger partial charge in [0.2, 0.25) is 0 Å². The van der Waals surface area contributed by atoms with Gasteiger partial charge in [0.15, 0.2) is 0 Å². The number of rotatable bonds is 6. The van der Waals surface area contributed by atoms with Crippen LogP contribution >= 0.6 is 0 Å². The highest BCUT2D eigenvalue weighted by molar-refractivity contribution is 5.99. The number of methoxy groups -OCH3 is 2. The number of anilines is 3. The van der Waals surface area contributed by atoms with Gasteiger partial charge in [-0.05, 0) is 55.9 Å². The second-order valence-corrected chi connectivity index (χ2v) is 9.25. The monoisotopic (exact) mass is 517 g/mol. The summed E-state index contributed by atoms with van der Waals surface area (Å²) in [5, 5.41) is 3.28. The Morgan fingerprint density at radius 2 is 1.82 bits per heavy atom. The molecular weight excluding hydrogens is 482 g/mol. The maximum atomic E-state index is 14.0. The molecule has 2 heterocycles. The van der Waals surface area contributed by atoms with Crippen molar-refractivity contribution in [2.45, 2.75) is 13.0 Å². The molecule has 9 nitrogen and oxygen atoms in total. The quantitative estimate of drug-likeness (QED) is 0.532. The van der Waals surface area contributed by atoms with Crippen LogP contribution in [-0.2, 0) is 16.1 Å². The van der Waals surface area contributed by atoms with Gasteiger partial charge < -0.3 is 29.5 Å². The van der Waals surface area contributed by atoms with Gasteiger partial charge in [-0.3, -0.25) is 9.59 Å². The summed E-state index contributed by atoms with van der Waals surface area (Å²) in [5.74, 6) is 0.939. The van der Waals surface area contributed by atoms with Crippen molar-refractivity contribution in [1.29, 1.82) is 0 Å². The summed E-state index contributed by atoms with van der Waals surface area (Å²) < 4.78 is 10.5. The van der Waals surface area contributed by atoms with Crippen LogP contribution in [0.4, 0.5) is 17.2 Å². The highest BCUT2D eigenvalue weighted by Crippen LogP contribution is 2.27. The lowest BCUT2D eigenvalue weighted by Gasteiger charge is -2.28. The summed E-state index contributed by atoms with van der Waals surface area (Å²) in [5.41, 5.74) is 2.95. The first-order chi connectivity index (χ1) is 18.5. The van der Waals surface area contributed by atoms with E-state index in [9.17, 15) is 9.59 Å². The van der Waals surface area contributed by atoms with Crippen molar-refractivity contribution in [3.8, 4) is 5.75 Å². The van der Waals surface area contributed by atoms with Crippen molar-refractivity contribution < 1.29 is 19.1 Å². The van der Waals surface area contributed by atoms with Gasteiger partial charge in [-0.25, -0.2) is 4.98 Å². The van der Waals surface area contributed by atoms with Crippen LogP contribution in [0.3, 0.4) is 0 Å². The zero-order valence-electron chi connectivity index (χ0n) is 22.2. The zero-order chi connectivity index (χ0) is 26.9. The number of hydrogen-bond acceptors (Lipinski definition) is 7. The third-order valence-corrected chi connectivity index (χ3v) is 6.54. The standard InChI is InChI=1S/C29H35N5O4/c1-32-15-8-16-34(27(35)21-37-2)26-13-5-4-9-22(26)20-33(18-17-32)29(36)25-12-7-14-30-28(25)31-23-10-6-11-24(19-23)38-3/h4-7,9-14,19H,8,15-18,20-21H2,1-3H3,(H,30,31). The number of likely N-dealkylation sites (N-methyl/N-ethyl adjacent to an activating group) is 1. The molecule has 0 bridgehead atoms. The van der Waals surface area contributed by atoms with Gasteiger partial charge in [0, 0.05) is 56.9 Å². The molecule has 9 heteroatoms. The second-order valence-electron chi connectivity index (χ2n) is 9.25. The van der Waals surface area contributed by atoms with Gasteiger partial charge >= 0.3 is 0 Å².